The lowest BCUT2D eigenvalue weighted by Crippen LogP contribution is -1.96. The van der Waals surface area contributed by atoms with Crippen molar-refractivity contribution in [2.75, 3.05) is 0 Å². The van der Waals surface area contributed by atoms with Gasteiger partial charge < -0.3 is 0 Å². The monoisotopic (exact) mass is 284 g/mol. The number of hydrogen-bond donors (Lipinski definition) is 0. The molecule has 0 saturated heterocycles. The minimum Gasteiger partial charge on any atom is -0.232 e. The van der Waals surface area contributed by atoms with Gasteiger partial charge in [-0.3, -0.25) is 0 Å². The lowest BCUT2D eigenvalue weighted by molar-refractivity contribution is 0.624. The average Bonchev–Trinajstić information content (AvgIpc) is 2.83. The molecule has 1 unspecified atom stereocenters. The fraction of sp³-hybridized carbons (Fsp3) is 0.333. The van der Waals surface area contributed by atoms with Crippen molar-refractivity contribution in [3.63, 3.8) is 0 Å². The standard InChI is InChI=1S/C12H10Cl2N2S/c1-6-4-7-8(5-6)15-12(16-11(7)14)9-2-3-10(13)17-9/h2-3,6H,4-5H2,1H3. The maximum absolute atomic E-state index is 6.22. The van der Waals surface area contributed by atoms with E-state index >= 15 is 0 Å². The van der Waals surface area contributed by atoms with Crippen LogP contribution < -0.4 is 0 Å². The van der Waals surface area contributed by atoms with Crippen LogP contribution in [0.15, 0.2) is 12.1 Å². The fourth-order valence-corrected chi connectivity index (χ4v) is 3.41. The van der Waals surface area contributed by atoms with Gasteiger partial charge in [-0.05, 0) is 30.9 Å². The maximum Gasteiger partial charge on any atom is 0.171 e. The zero-order chi connectivity index (χ0) is 12.0. The van der Waals surface area contributed by atoms with Gasteiger partial charge in [-0.15, -0.1) is 11.3 Å². The third-order valence-corrected chi connectivity index (χ3v) is 4.47. The smallest absolute Gasteiger partial charge is 0.171 e. The Kier molecular flexibility index (Phi) is 2.85. The van der Waals surface area contributed by atoms with E-state index in [1.165, 1.54) is 11.3 Å². The Balaban J connectivity index is 2.09. The van der Waals surface area contributed by atoms with Gasteiger partial charge in [0.2, 0.25) is 0 Å². The van der Waals surface area contributed by atoms with Gasteiger partial charge in [0.05, 0.1) is 9.21 Å². The van der Waals surface area contributed by atoms with E-state index in [1.54, 1.807) is 0 Å². The summed E-state index contributed by atoms with van der Waals surface area (Å²) in [5, 5.41) is 0.596. The van der Waals surface area contributed by atoms with Gasteiger partial charge in [-0.25, -0.2) is 9.97 Å². The molecule has 0 bridgehead atoms. The SMILES string of the molecule is CC1Cc2nc(-c3ccc(Cl)s3)nc(Cl)c2C1. The van der Waals surface area contributed by atoms with Crippen LogP contribution in [0.2, 0.25) is 9.49 Å². The van der Waals surface area contributed by atoms with Gasteiger partial charge in [-0.1, -0.05) is 30.1 Å². The second kappa shape index (κ2) is 4.23. The van der Waals surface area contributed by atoms with Crippen LogP contribution in [0.5, 0.6) is 0 Å². The van der Waals surface area contributed by atoms with Crippen LogP contribution in [0, 0.1) is 5.92 Å². The van der Waals surface area contributed by atoms with Crippen LogP contribution in [0.1, 0.15) is 18.2 Å². The number of aromatic nitrogens is 2. The van der Waals surface area contributed by atoms with Gasteiger partial charge in [0.15, 0.2) is 5.82 Å². The molecule has 2 nitrogen and oxygen atoms in total. The van der Waals surface area contributed by atoms with E-state index in [9.17, 15) is 0 Å². The van der Waals surface area contributed by atoms with E-state index in [2.05, 4.69) is 16.9 Å². The van der Waals surface area contributed by atoms with Gasteiger partial charge in [0, 0.05) is 11.3 Å². The molecule has 0 saturated carbocycles. The molecule has 0 N–H and O–H groups in total. The van der Waals surface area contributed by atoms with E-state index in [4.69, 9.17) is 23.2 Å². The van der Waals surface area contributed by atoms with Crippen LogP contribution in [0.3, 0.4) is 0 Å². The number of fused-ring (bicyclic) bond motifs is 1. The Hall–Kier alpha value is -0.640. The predicted molar refractivity (Wildman–Crippen MR) is 71.9 cm³/mol. The van der Waals surface area contributed by atoms with Gasteiger partial charge >= 0.3 is 0 Å². The fourth-order valence-electron chi connectivity index (χ4n) is 2.17. The van der Waals surface area contributed by atoms with Gasteiger partial charge in [-0.2, -0.15) is 0 Å². The molecule has 0 amide bonds. The highest BCUT2D eigenvalue weighted by Gasteiger charge is 2.24. The summed E-state index contributed by atoms with van der Waals surface area (Å²) in [6.07, 6.45) is 1.98. The first kappa shape index (κ1) is 11.5. The topological polar surface area (TPSA) is 25.8 Å². The summed E-state index contributed by atoms with van der Waals surface area (Å²) in [4.78, 5) is 9.94. The Morgan fingerprint density at radius 3 is 2.76 bits per heavy atom. The lowest BCUT2D eigenvalue weighted by atomic mass is 10.1. The minimum absolute atomic E-state index is 0.596. The zero-order valence-corrected chi connectivity index (χ0v) is 11.5. The minimum atomic E-state index is 0.596. The molecule has 1 aliphatic rings. The Morgan fingerprint density at radius 2 is 2.06 bits per heavy atom. The van der Waals surface area contributed by atoms with Crippen LogP contribution in [-0.4, -0.2) is 9.97 Å². The molecule has 2 aromatic rings. The molecule has 5 heteroatoms. The summed E-state index contributed by atoms with van der Waals surface area (Å²) >= 11 is 13.6. The second-order valence-electron chi connectivity index (χ2n) is 4.38. The molecule has 3 rings (SSSR count). The third-order valence-electron chi connectivity index (χ3n) is 2.93. The molecule has 2 aromatic heterocycles. The van der Waals surface area contributed by atoms with Crippen molar-refractivity contribution in [2.45, 2.75) is 19.8 Å². The molecule has 0 radical (unpaired) electrons. The summed E-state index contributed by atoms with van der Waals surface area (Å²) in [6, 6.07) is 3.79. The van der Waals surface area contributed by atoms with E-state index in [0.717, 1.165) is 33.3 Å². The van der Waals surface area contributed by atoms with Crippen LogP contribution in [0.4, 0.5) is 0 Å². The van der Waals surface area contributed by atoms with Gasteiger partial charge in [0.1, 0.15) is 5.15 Å². The molecule has 2 heterocycles. The number of rotatable bonds is 1. The van der Waals surface area contributed by atoms with Crippen molar-refractivity contribution >= 4 is 34.5 Å². The second-order valence-corrected chi connectivity index (χ2v) is 6.45. The highest BCUT2D eigenvalue weighted by Crippen LogP contribution is 2.34. The van der Waals surface area contributed by atoms with Crippen LogP contribution >= 0.6 is 34.5 Å². The predicted octanol–water partition coefficient (Wildman–Crippen LogP) is 4.25. The molecular weight excluding hydrogens is 275 g/mol. The van der Waals surface area contributed by atoms with Crippen molar-refractivity contribution in [1.29, 1.82) is 0 Å². The van der Waals surface area contributed by atoms with E-state index < -0.39 is 0 Å². The molecule has 1 atom stereocenters. The van der Waals surface area contributed by atoms with E-state index in [0.29, 0.717) is 16.9 Å². The van der Waals surface area contributed by atoms with Crippen molar-refractivity contribution < 1.29 is 0 Å². The quantitative estimate of drug-likeness (QED) is 0.732. The maximum atomic E-state index is 6.22. The molecule has 0 fully saturated rings. The number of thiophene rings is 1. The first-order valence-electron chi connectivity index (χ1n) is 5.44. The normalized spacial score (nSPS) is 18.4. The largest absolute Gasteiger partial charge is 0.232 e. The third kappa shape index (κ3) is 2.07. The summed E-state index contributed by atoms with van der Waals surface area (Å²) < 4.78 is 0.744. The average molecular weight is 285 g/mol. The van der Waals surface area contributed by atoms with Crippen LogP contribution in [-0.2, 0) is 12.8 Å². The molecule has 0 spiro atoms. The van der Waals surface area contributed by atoms with Crippen LogP contribution in [0.25, 0.3) is 10.7 Å². The summed E-state index contributed by atoms with van der Waals surface area (Å²) in [6.45, 7) is 2.21. The molecule has 88 valence electrons. The molecular formula is C12H10Cl2N2S. The lowest BCUT2D eigenvalue weighted by Gasteiger charge is -2.03. The van der Waals surface area contributed by atoms with Crippen molar-refractivity contribution in [3.8, 4) is 10.7 Å². The zero-order valence-electron chi connectivity index (χ0n) is 9.20. The molecule has 0 aliphatic heterocycles. The summed E-state index contributed by atoms with van der Waals surface area (Å²) in [5.74, 6) is 1.30. The van der Waals surface area contributed by atoms with E-state index in [-0.39, 0.29) is 0 Å². The highest BCUT2D eigenvalue weighted by molar-refractivity contribution is 7.19. The Morgan fingerprint density at radius 1 is 1.24 bits per heavy atom. The van der Waals surface area contributed by atoms with Crippen molar-refractivity contribution in [2.24, 2.45) is 5.92 Å². The molecule has 1 aliphatic carbocycles. The molecule has 17 heavy (non-hydrogen) atoms. The number of halogens is 2. The Bertz CT molecular complexity index is 580. The van der Waals surface area contributed by atoms with Gasteiger partial charge in [0.25, 0.3) is 0 Å². The highest BCUT2D eigenvalue weighted by atomic mass is 35.5. The number of nitrogens with zero attached hydrogens (tertiary/aromatic N) is 2. The number of hydrogen-bond acceptors (Lipinski definition) is 3. The first-order valence-corrected chi connectivity index (χ1v) is 7.01. The summed E-state index contributed by atoms with van der Waals surface area (Å²) in [5.41, 5.74) is 2.21. The first-order chi connectivity index (χ1) is 8.13. The van der Waals surface area contributed by atoms with Crippen molar-refractivity contribution in [3.05, 3.63) is 32.9 Å². The molecule has 0 aromatic carbocycles. The van der Waals surface area contributed by atoms with E-state index in [1.807, 2.05) is 12.1 Å². The Labute approximate surface area is 114 Å². The summed E-state index contributed by atoms with van der Waals surface area (Å²) in [7, 11) is 0. The van der Waals surface area contributed by atoms with Crippen molar-refractivity contribution in [1.82, 2.24) is 9.97 Å².